The molecule has 1 saturated heterocycles. The lowest BCUT2D eigenvalue weighted by molar-refractivity contribution is 0.0483. The standard InChI is InChI=1S/C24H41N5O/c1-18-13-19(2)16-29(15-18)24(3,4)17-27-23(25-5)26-12-11-20-9-8-10-21(14-20)22(30)28(6)7/h8-10,14,18-19H,11-13,15-17H2,1-7H3,(H2,25,26,27). The number of amides is 1. The third kappa shape index (κ3) is 7.01. The van der Waals surface area contributed by atoms with Crippen LogP contribution in [0.15, 0.2) is 29.3 Å². The maximum Gasteiger partial charge on any atom is 0.253 e. The Bertz CT molecular complexity index is 718. The number of benzene rings is 1. The second kappa shape index (κ2) is 10.8. The van der Waals surface area contributed by atoms with Crippen molar-refractivity contribution in [3.05, 3.63) is 35.4 Å². The number of carbonyl (C=O) groups excluding carboxylic acids is 1. The van der Waals surface area contributed by atoms with Crippen LogP contribution in [0.1, 0.15) is 50.0 Å². The smallest absolute Gasteiger partial charge is 0.253 e. The zero-order chi connectivity index (χ0) is 22.3. The fourth-order valence-electron chi connectivity index (χ4n) is 4.23. The first kappa shape index (κ1) is 24.2. The highest BCUT2D eigenvalue weighted by molar-refractivity contribution is 5.94. The van der Waals surface area contributed by atoms with Crippen molar-refractivity contribution >= 4 is 11.9 Å². The fourth-order valence-corrected chi connectivity index (χ4v) is 4.23. The number of aliphatic imine (C=N–C) groups is 1. The lowest BCUT2D eigenvalue weighted by Gasteiger charge is -2.45. The Hall–Kier alpha value is -2.08. The van der Waals surface area contributed by atoms with E-state index in [0.29, 0.717) is 0 Å². The molecule has 1 aliphatic rings. The highest BCUT2D eigenvalue weighted by atomic mass is 16.2. The van der Waals surface area contributed by atoms with Crippen LogP contribution >= 0.6 is 0 Å². The zero-order valence-corrected chi connectivity index (χ0v) is 20.0. The molecule has 0 radical (unpaired) electrons. The molecule has 0 aliphatic carbocycles. The summed E-state index contributed by atoms with van der Waals surface area (Å²) in [6.45, 7) is 13.3. The van der Waals surface area contributed by atoms with Crippen LogP contribution in [-0.4, -0.2) is 74.5 Å². The summed E-state index contributed by atoms with van der Waals surface area (Å²) in [7, 11) is 5.36. The highest BCUT2D eigenvalue weighted by Gasteiger charge is 2.32. The molecule has 2 N–H and O–H groups in total. The van der Waals surface area contributed by atoms with Gasteiger partial charge in [-0.2, -0.15) is 0 Å². The van der Waals surface area contributed by atoms with Gasteiger partial charge < -0.3 is 15.5 Å². The fraction of sp³-hybridized carbons (Fsp3) is 0.667. The van der Waals surface area contributed by atoms with Gasteiger partial charge in [-0.25, -0.2) is 0 Å². The normalized spacial score (nSPS) is 20.7. The predicted molar refractivity (Wildman–Crippen MR) is 126 cm³/mol. The van der Waals surface area contributed by atoms with Gasteiger partial charge in [0.05, 0.1) is 0 Å². The first-order chi connectivity index (χ1) is 14.1. The number of guanidine groups is 1. The van der Waals surface area contributed by atoms with Gasteiger partial charge in [0, 0.05) is 58.4 Å². The van der Waals surface area contributed by atoms with E-state index in [2.05, 4.69) is 54.3 Å². The average Bonchev–Trinajstić information content (AvgIpc) is 2.69. The zero-order valence-electron chi connectivity index (χ0n) is 20.0. The van der Waals surface area contributed by atoms with Crippen molar-refractivity contribution in [3.8, 4) is 0 Å². The van der Waals surface area contributed by atoms with Gasteiger partial charge in [0.15, 0.2) is 5.96 Å². The summed E-state index contributed by atoms with van der Waals surface area (Å²) in [6.07, 6.45) is 2.16. The lowest BCUT2D eigenvalue weighted by Crippen LogP contribution is -2.57. The van der Waals surface area contributed by atoms with Crippen molar-refractivity contribution < 1.29 is 4.79 Å². The van der Waals surface area contributed by atoms with E-state index < -0.39 is 0 Å². The third-order valence-electron chi connectivity index (χ3n) is 5.92. The van der Waals surface area contributed by atoms with Gasteiger partial charge >= 0.3 is 0 Å². The summed E-state index contributed by atoms with van der Waals surface area (Å²) in [6, 6.07) is 7.85. The van der Waals surface area contributed by atoms with Gasteiger partial charge in [0.1, 0.15) is 0 Å². The molecule has 6 nitrogen and oxygen atoms in total. The SMILES string of the molecule is CN=C(NCCc1cccc(C(=O)N(C)C)c1)NCC(C)(C)N1CC(C)CC(C)C1. The summed E-state index contributed by atoms with van der Waals surface area (Å²) in [5.74, 6) is 2.36. The molecule has 168 valence electrons. The molecular weight excluding hydrogens is 374 g/mol. The molecule has 0 spiro atoms. The van der Waals surface area contributed by atoms with Crippen LogP contribution in [0, 0.1) is 11.8 Å². The number of nitrogens with one attached hydrogen (secondary N) is 2. The Morgan fingerprint density at radius 1 is 1.20 bits per heavy atom. The van der Waals surface area contributed by atoms with Crippen LogP contribution in [0.2, 0.25) is 0 Å². The van der Waals surface area contributed by atoms with Gasteiger partial charge in [-0.15, -0.1) is 0 Å². The molecule has 6 heteroatoms. The summed E-state index contributed by atoms with van der Waals surface area (Å²) >= 11 is 0. The molecule has 1 amide bonds. The van der Waals surface area contributed by atoms with E-state index in [-0.39, 0.29) is 11.4 Å². The average molecular weight is 416 g/mol. The quantitative estimate of drug-likeness (QED) is 0.531. The molecule has 2 rings (SSSR count). The van der Waals surface area contributed by atoms with E-state index in [1.54, 1.807) is 19.0 Å². The molecule has 1 heterocycles. The maximum absolute atomic E-state index is 12.2. The van der Waals surface area contributed by atoms with E-state index >= 15 is 0 Å². The van der Waals surface area contributed by atoms with E-state index in [0.717, 1.165) is 61.5 Å². The molecule has 1 aromatic rings. The van der Waals surface area contributed by atoms with Crippen molar-refractivity contribution in [1.82, 2.24) is 20.4 Å². The number of piperidine rings is 1. The monoisotopic (exact) mass is 415 g/mol. The number of hydrogen-bond acceptors (Lipinski definition) is 3. The summed E-state index contributed by atoms with van der Waals surface area (Å²) in [5, 5.41) is 6.91. The Labute approximate surface area is 183 Å². The molecule has 30 heavy (non-hydrogen) atoms. The van der Waals surface area contributed by atoms with Crippen LogP contribution < -0.4 is 10.6 Å². The number of likely N-dealkylation sites (tertiary alicyclic amines) is 1. The number of rotatable bonds is 7. The second-order valence-electron chi connectivity index (χ2n) is 9.67. The second-order valence-corrected chi connectivity index (χ2v) is 9.67. The number of hydrogen-bond donors (Lipinski definition) is 2. The van der Waals surface area contributed by atoms with Crippen molar-refractivity contribution in [2.24, 2.45) is 16.8 Å². The Morgan fingerprint density at radius 3 is 2.47 bits per heavy atom. The minimum Gasteiger partial charge on any atom is -0.356 e. The van der Waals surface area contributed by atoms with Crippen molar-refractivity contribution in [3.63, 3.8) is 0 Å². The summed E-state index contributed by atoms with van der Waals surface area (Å²) in [5.41, 5.74) is 1.94. The molecule has 1 aromatic carbocycles. The van der Waals surface area contributed by atoms with Crippen LogP contribution in [0.4, 0.5) is 0 Å². The Kier molecular flexibility index (Phi) is 8.71. The number of nitrogens with zero attached hydrogens (tertiary/aromatic N) is 3. The van der Waals surface area contributed by atoms with E-state index in [4.69, 9.17) is 0 Å². The molecule has 0 bridgehead atoms. The largest absolute Gasteiger partial charge is 0.356 e. The van der Waals surface area contributed by atoms with Gasteiger partial charge in [-0.05, 0) is 56.2 Å². The summed E-state index contributed by atoms with van der Waals surface area (Å²) in [4.78, 5) is 20.8. The minimum atomic E-state index is 0.0332. The molecular formula is C24H41N5O. The van der Waals surface area contributed by atoms with Crippen LogP contribution in [-0.2, 0) is 6.42 Å². The summed E-state index contributed by atoms with van der Waals surface area (Å²) < 4.78 is 0. The first-order valence-corrected chi connectivity index (χ1v) is 11.1. The lowest BCUT2D eigenvalue weighted by atomic mass is 9.88. The van der Waals surface area contributed by atoms with Crippen LogP contribution in [0.25, 0.3) is 0 Å². The molecule has 2 unspecified atom stereocenters. The van der Waals surface area contributed by atoms with Gasteiger partial charge in [0.2, 0.25) is 0 Å². The van der Waals surface area contributed by atoms with Crippen molar-refractivity contribution in [2.75, 3.05) is 47.3 Å². The maximum atomic E-state index is 12.2. The van der Waals surface area contributed by atoms with Gasteiger partial charge in [-0.3, -0.25) is 14.7 Å². The van der Waals surface area contributed by atoms with Gasteiger partial charge in [-0.1, -0.05) is 26.0 Å². The van der Waals surface area contributed by atoms with Crippen molar-refractivity contribution in [2.45, 2.75) is 46.1 Å². The molecule has 0 saturated carbocycles. The minimum absolute atomic E-state index is 0.0332. The third-order valence-corrected chi connectivity index (χ3v) is 5.92. The van der Waals surface area contributed by atoms with E-state index in [1.807, 2.05) is 25.2 Å². The topological polar surface area (TPSA) is 60.0 Å². The van der Waals surface area contributed by atoms with E-state index in [9.17, 15) is 4.79 Å². The molecule has 0 aromatic heterocycles. The molecule has 2 atom stereocenters. The predicted octanol–water partition coefficient (Wildman–Crippen LogP) is 2.85. The van der Waals surface area contributed by atoms with Crippen molar-refractivity contribution in [1.29, 1.82) is 0 Å². The molecule has 1 fully saturated rings. The van der Waals surface area contributed by atoms with E-state index in [1.165, 1.54) is 6.42 Å². The van der Waals surface area contributed by atoms with Gasteiger partial charge in [0.25, 0.3) is 5.91 Å². The first-order valence-electron chi connectivity index (χ1n) is 11.1. The number of carbonyl (C=O) groups is 1. The van der Waals surface area contributed by atoms with Crippen LogP contribution in [0.5, 0.6) is 0 Å². The Balaban J connectivity index is 1.84. The Morgan fingerprint density at radius 2 is 1.87 bits per heavy atom. The molecule has 1 aliphatic heterocycles. The highest BCUT2D eigenvalue weighted by Crippen LogP contribution is 2.26. The van der Waals surface area contributed by atoms with Crippen LogP contribution in [0.3, 0.4) is 0 Å².